The Labute approximate surface area is 136 Å². The van der Waals surface area contributed by atoms with Gasteiger partial charge in [0.15, 0.2) is 0 Å². The minimum absolute atomic E-state index is 0.162. The fourth-order valence-electron chi connectivity index (χ4n) is 2.49. The summed E-state index contributed by atoms with van der Waals surface area (Å²) in [6.45, 7) is 2.26. The Hall–Kier alpha value is 0.140. The predicted octanol–water partition coefficient (Wildman–Crippen LogP) is 6.33. The summed E-state index contributed by atoms with van der Waals surface area (Å²) < 4.78 is 1.13. The van der Waals surface area contributed by atoms with E-state index in [0.29, 0.717) is 0 Å². The van der Waals surface area contributed by atoms with Gasteiger partial charge in [-0.25, -0.2) is 0 Å². The summed E-state index contributed by atoms with van der Waals surface area (Å²) in [6.07, 6.45) is 13.7. The van der Waals surface area contributed by atoms with Crippen molar-refractivity contribution in [3.63, 3.8) is 0 Å². The van der Waals surface area contributed by atoms with Crippen molar-refractivity contribution in [2.24, 2.45) is 0 Å². The van der Waals surface area contributed by atoms with Crippen LogP contribution in [0.5, 0.6) is 0 Å². The average molecular weight is 361 g/mol. The fourth-order valence-corrected chi connectivity index (χ4v) is 4.01. The van der Waals surface area contributed by atoms with Crippen LogP contribution in [0, 0.1) is 0 Å². The number of halogens is 1. The molecule has 0 aliphatic heterocycles. The second-order valence-electron chi connectivity index (χ2n) is 5.71. The molecule has 0 fully saturated rings. The van der Waals surface area contributed by atoms with Crippen LogP contribution in [0.4, 0.5) is 0 Å². The predicted molar refractivity (Wildman–Crippen MR) is 93.6 cm³/mol. The van der Waals surface area contributed by atoms with Crippen molar-refractivity contribution in [2.75, 3.05) is 0 Å². The van der Waals surface area contributed by atoms with E-state index in [1.807, 2.05) is 0 Å². The quantitative estimate of drug-likeness (QED) is 0.431. The second-order valence-corrected chi connectivity index (χ2v) is 7.62. The molecule has 0 aromatic carbocycles. The third kappa shape index (κ3) is 9.15. The van der Waals surface area contributed by atoms with E-state index in [2.05, 4.69) is 34.3 Å². The zero-order valence-corrected chi connectivity index (χ0v) is 15.1. The lowest BCUT2D eigenvalue weighted by Gasteiger charge is -2.09. The summed E-state index contributed by atoms with van der Waals surface area (Å²) in [7, 11) is 0. The van der Waals surface area contributed by atoms with Crippen molar-refractivity contribution < 1.29 is 5.11 Å². The van der Waals surface area contributed by atoms with Crippen LogP contribution in [-0.4, -0.2) is 11.2 Å². The van der Waals surface area contributed by atoms with Gasteiger partial charge in [-0.15, -0.1) is 11.3 Å². The van der Waals surface area contributed by atoms with E-state index in [9.17, 15) is 5.11 Å². The van der Waals surface area contributed by atoms with Crippen molar-refractivity contribution in [1.82, 2.24) is 0 Å². The Kier molecular flexibility index (Phi) is 10.7. The average Bonchev–Trinajstić information content (AvgIpc) is 2.82. The maximum absolute atomic E-state index is 10.0. The summed E-state index contributed by atoms with van der Waals surface area (Å²) in [5.41, 5.74) is 0. The first-order valence-corrected chi connectivity index (χ1v) is 9.80. The molecular weight excluding hydrogens is 332 g/mol. The van der Waals surface area contributed by atoms with Crippen molar-refractivity contribution in [3.8, 4) is 0 Å². The molecule has 0 spiro atoms. The van der Waals surface area contributed by atoms with E-state index in [4.69, 9.17) is 0 Å². The molecule has 1 heterocycles. The van der Waals surface area contributed by atoms with Crippen LogP contribution in [-0.2, 0) is 6.42 Å². The Morgan fingerprint density at radius 1 is 1.05 bits per heavy atom. The summed E-state index contributed by atoms with van der Waals surface area (Å²) in [6, 6.07) is 2.12. The monoisotopic (exact) mass is 360 g/mol. The SMILES string of the molecule is CCCCCCCCCCCC(O)Cc1cc(Br)cs1. The maximum atomic E-state index is 10.0. The molecule has 116 valence electrons. The third-order valence-corrected chi connectivity index (χ3v) is 5.42. The van der Waals surface area contributed by atoms with Crippen molar-refractivity contribution in [3.05, 3.63) is 20.8 Å². The van der Waals surface area contributed by atoms with Crippen LogP contribution in [0.3, 0.4) is 0 Å². The fraction of sp³-hybridized carbons (Fsp3) is 0.765. The van der Waals surface area contributed by atoms with Crippen molar-refractivity contribution in [2.45, 2.75) is 83.7 Å². The van der Waals surface area contributed by atoms with Gasteiger partial charge in [0.1, 0.15) is 0 Å². The second kappa shape index (κ2) is 11.8. The van der Waals surface area contributed by atoms with Gasteiger partial charge in [-0.2, -0.15) is 0 Å². The van der Waals surface area contributed by atoms with Crippen molar-refractivity contribution >= 4 is 27.3 Å². The van der Waals surface area contributed by atoms with Crippen LogP contribution in [0.2, 0.25) is 0 Å². The molecule has 1 aromatic rings. The highest BCUT2D eigenvalue weighted by Gasteiger charge is 2.07. The van der Waals surface area contributed by atoms with Crippen LogP contribution in [0.25, 0.3) is 0 Å². The summed E-state index contributed by atoms with van der Waals surface area (Å²) in [5.74, 6) is 0. The van der Waals surface area contributed by atoms with E-state index >= 15 is 0 Å². The van der Waals surface area contributed by atoms with Crippen LogP contribution >= 0.6 is 27.3 Å². The van der Waals surface area contributed by atoms with E-state index in [0.717, 1.165) is 17.3 Å². The van der Waals surface area contributed by atoms with Gasteiger partial charge in [-0.1, -0.05) is 64.7 Å². The highest BCUT2D eigenvalue weighted by Crippen LogP contribution is 2.22. The first-order valence-electron chi connectivity index (χ1n) is 8.13. The number of thiophene rings is 1. The molecule has 20 heavy (non-hydrogen) atoms. The Morgan fingerprint density at radius 2 is 1.65 bits per heavy atom. The molecule has 1 unspecified atom stereocenters. The first kappa shape index (κ1) is 18.2. The van der Waals surface area contributed by atoms with Crippen LogP contribution in [0.15, 0.2) is 15.9 Å². The molecule has 1 nitrogen and oxygen atoms in total. The molecule has 0 radical (unpaired) electrons. The minimum atomic E-state index is -0.162. The molecule has 1 aromatic heterocycles. The number of unbranched alkanes of at least 4 members (excludes halogenated alkanes) is 8. The smallest absolute Gasteiger partial charge is 0.0588 e. The number of rotatable bonds is 12. The van der Waals surface area contributed by atoms with Gasteiger partial charge in [0.2, 0.25) is 0 Å². The first-order chi connectivity index (χ1) is 9.72. The number of aliphatic hydroxyl groups excluding tert-OH is 1. The maximum Gasteiger partial charge on any atom is 0.0588 e. The lowest BCUT2D eigenvalue weighted by atomic mass is 10.0. The Balaban J connectivity index is 1.90. The number of hydrogen-bond acceptors (Lipinski definition) is 2. The Bertz CT molecular complexity index is 337. The lowest BCUT2D eigenvalue weighted by molar-refractivity contribution is 0.161. The number of hydrogen-bond donors (Lipinski definition) is 1. The largest absolute Gasteiger partial charge is 0.393 e. The van der Waals surface area contributed by atoms with Gasteiger partial charge < -0.3 is 5.11 Å². The van der Waals surface area contributed by atoms with Gasteiger partial charge in [-0.3, -0.25) is 0 Å². The standard InChI is InChI=1S/C17H29BrOS/c1-2-3-4-5-6-7-8-9-10-11-16(19)13-17-12-15(18)14-20-17/h12,14,16,19H,2-11,13H2,1H3. The molecule has 0 aliphatic rings. The van der Waals surface area contributed by atoms with Crippen LogP contribution in [0.1, 0.15) is 76.0 Å². The third-order valence-electron chi connectivity index (χ3n) is 3.70. The van der Waals surface area contributed by atoms with Gasteiger partial charge in [0.25, 0.3) is 0 Å². The molecule has 0 amide bonds. The van der Waals surface area contributed by atoms with Gasteiger partial charge in [-0.05, 0) is 28.4 Å². The molecule has 1 N–H and O–H groups in total. The van der Waals surface area contributed by atoms with Gasteiger partial charge >= 0.3 is 0 Å². The molecule has 0 aliphatic carbocycles. The lowest BCUT2D eigenvalue weighted by Crippen LogP contribution is -2.09. The molecule has 1 rings (SSSR count). The van der Waals surface area contributed by atoms with E-state index < -0.39 is 0 Å². The molecule has 1 atom stereocenters. The molecular formula is C17H29BrOS. The molecule has 0 saturated heterocycles. The topological polar surface area (TPSA) is 20.2 Å². The van der Waals surface area contributed by atoms with Crippen LogP contribution < -0.4 is 0 Å². The number of aliphatic hydroxyl groups is 1. The van der Waals surface area contributed by atoms with Crippen molar-refractivity contribution in [1.29, 1.82) is 0 Å². The summed E-state index contributed by atoms with van der Waals surface area (Å²) >= 11 is 5.18. The van der Waals surface area contributed by atoms with E-state index in [-0.39, 0.29) is 6.10 Å². The summed E-state index contributed by atoms with van der Waals surface area (Å²) in [4.78, 5) is 1.28. The molecule has 0 saturated carbocycles. The Morgan fingerprint density at radius 3 is 2.20 bits per heavy atom. The highest BCUT2D eigenvalue weighted by atomic mass is 79.9. The zero-order chi connectivity index (χ0) is 14.6. The van der Waals surface area contributed by atoms with E-state index in [1.54, 1.807) is 11.3 Å². The molecule has 0 bridgehead atoms. The summed E-state index contributed by atoms with van der Waals surface area (Å²) in [5, 5.41) is 12.1. The highest BCUT2D eigenvalue weighted by molar-refractivity contribution is 9.10. The normalized spacial score (nSPS) is 12.8. The van der Waals surface area contributed by atoms with Gasteiger partial charge in [0.05, 0.1) is 6.10 Å². The minimum Gasteiger partial charge on any atom is -0.393 e. The zero-order valence-electron chi connectivity index (χ0n) is 12.7. The van der Waals surface area contributed by atoms with Gasteiger partial charge in [0, 0.05) is 21.2 Å². The molecule has 3 heteroatoms. The van der Waals surface area contributed by atoms with E-state index in [1.165, 1.54) is 62.7 Å².